The fourth-order valence-corrected chi connectivity index (χ4v) is 7.49. The predicted molar refractivity (Wildman–Crippen MR) is 149 cm³/mol. The van der Waals surface area contributed by atoms with E-state index in [0.717, 1.165) is 70.2 Å². The lowest BCUT2D eigenvalue weighted by Gasteiger charge is -2.44. The number of hydrogen-bond donors (Lipinski definition) is 1. The van der Waals surface area contributed by atoms with Crippen molar-refractivity contribution >= 4 is 8.60 Å². The molecule has 3 nitrogen and oxygen atoms in total. The molecule has 4 heteroatoms. The Labute approximate surface area is 217 Å². The van der Waals surface area contributed by atoms with Crippen molar-refractivity contribution in [1.82, 2.24) is 0 Å². The molecule has 2 aliphatic carbocycles. The summed E-state index contributed by atoms with van der Waals surface area (Å²) in [7, 11) is -2.21. The smallest absolute Gasteiger partial charge is 0.328 e. The van der Waals surface area contributed by atoms with Gasteiger partial charge in [-0.25, -0.2) is 0 Å². The van der Waals surface area contributed by atoms with E-state index in [-0.39, 0.29) is 11.8 Å². The van der Waals surface area contributed by atoms with Gasteiger partial charge in [-0.15, -0.1) is 0 Å². The quantitative estimate of drug-likeness (QED) is 0.331. The second-order valence-corrected chi connectivity index (χ2v) is 11.7. The summed E-state index contributed by atoms with van der Waals surface area (Å²) in [4.78, 5) is 11.6. The SMILES string of the molecule is C=C(C)[C@@H]1CC=C(C)[C@]2(C1)OP(O)O[C@]1(C[C@H](C(=C)C)CC=C1C)c1ccccc1-c1ccccc12. The maximum Gasteiger partial charge on any atom is 0.332 e. The molecule has 2 spiro atoms. The van der Waals surface area contributed by atoms with Crippen molar-refractivity contribution in [2.75, 3.05) is 0 Å². The summed E-state index contributed by atoms with van der Waals surface area (Å²) in [5, 5.41) is 0. The molecule has 3 aliphatic rings. The molecular weight excluding hydrogens is 463 g/mol. The lowest BCUT2D eigenvalue weighted by atomic mass is 9.68. The highest BCUT2D eigenvalue weighted by Gasteiger charge is 2.50. The Bertz CT molecular complexity index is 1180. The van der Waals surface area contributed by atoms with Crippen LogP contribution in [-0.2, 0) is 20.2 Å². The molecular formula is C32H37O3P. The maximum absolute atomic E-state index is 11.6. The Morgan fingerprint density at radius 1 is 0.778 bits per heavy atom. The second-order valence-electron chi connectivity index (χ2n) is 10.9. The molecule has 0 unspecified atom stereocenters. The highest BCUT2D eigenvalue weighted by Crippen LogP contribution is 2.61. The molecule has 1 aliphatic heterocycles. The van der Waals surface area contributed by atoms with Crippen LogP contribution < -0.4 is 0 Å². The zero-order valence-electron chi connectivity index (χ0n) is 21.9. The predicted octanol–water partition coefficient (Wildman–Crippen LogP) is 8.88. The number of benzene rings is 2. The van der Waals surface area contributed by atoms with Crippen LogP contribution in [0.4, 0.5) is 0 Å². The van der Waals surface area contributed by atoms with Crippen LogP contribution in [0.25, 0.3) is 11.1 Å². The molecule has 36 heavy (non-hydrogen) atoms. The van der Waals surface area contributed by atoms with Gasteiger partial charge in [-0.1, -0.05) is 85.0 Å². The first-order valence-corrected chi connectivity index (χ1v) is 14.0. The van der Waals surface area contributed by atoms with Gasteiger partial charge in [0.1, 0.15) is 11.2 Å². The van der Waals surface area contributed by atoms with Crippen molar-refractivity contribution in [2.45, 2.75) is 64.6 Å². The van der Waals surface area contributed by atoms with Crippen molar-refractivity contribution in [1.29, 1.82) is 0 Å². The van der Waals surface area contributed by atoms with Gasteiger partial charge >= 0.3 is 8.60 Å². The molecule has 0 fully saturated rings. The number of fused-ring (bicyclic) bond motifs is 5. The first kappa shape index (κ1) is 25.4. The van der Waals surface area contributed by atoms with E-state index >= 15 is 0 Å². The summed E-state index contributed by atoms with van der Waals surface area (Å²) >= 11 is 0. The van der Waals surface area contributed by atoms with E-state index in [1.807, 2.05) is 0 Å². The van der Waals surface area contributed by atoms with Crippen LogP contribution in [0.1, 0.15) is 64.5 Å². The number of allylic oxidation sites excluding steroid dienone is 4. The second kappa shape index (κ2) is 9.54. The first-order valence-electron chi connectivity index (χ1n) is 12.9. The van der Waals surface area contributed by atoms with Gasteiger partial charge in [-0.3, -0.25) is 9.05 Å². The van der Waals surface area contributed by atoms with Gasteiger partial charge in [0.05, 0.1) is 0 Å². The van der Waals surface area contributed by atoms with Gasteiger partial charge in [0.15, 0.2) is 0 Å². The first-order chi connectivity index (χ1) is 17.2. The standard InChI is InChI=1S/C32H37O3P/c1-21(2)25-17-15-23(5)31(19-25)29-13-9-7-11-27(29)28-12-8-10-14-30(28)32(35-36(33)34-31)20-26(22(3)4)18-16-24(32)6/h7-16,25-26,33H,1,3,17-20H2,2,4-6H3/t25-,26-,31+,32+/m1/s1. The molecule has 188 valence electrons. The molecule has 2 aromatic carbocycles. The summed E-state index contributed by atoms with van der Waals surface area (Å²) in [5.74, 6) is 0.526. The van der Waals surface area contributed by atoms with E-state index in [1.165, 1.54) is 0 Å². The number of rotatable bonds is 2. The Morgan fingerprint density at radius 2 is 1.17 bits per heavy atom. The molecule has 0 amide bonds. The monoisotopic (exact) mass is 500 g/mol. The van der Waals surface area contributed by atoms with Gasteiger partial charge < -0.3 is 4.89 Å². The summed E-state index contributed by atoms with van der Waals surface area (Å²) in [6.07, 6.45) is 7.82. The van der Waals surface area contributed by atoms with Crippen LogP contribution in [0.15, 0.2) is 96.1 Å². The van der Waals surface area contributed by atoms with Crippen molar-refractivity contribution < 1.29 is 13.9 Å². The van der Waals surface area contributed by atoms with Gasteiger partial charge in [0, 0.05) is 0 Å². The molecule has 1 heterocycles. The van der Waals surface area contributed by atoms with Gasteiger partial charge in [-0.2, -0.15) is 0 Å². The average Bonchev–Trinajstić information content (AvgIpc) is 2.89. The van der Waals surface area contributed by atoms with Gasteiger partial charge in [0.25, 0.3) is 0 Å². The molecule has 5 rings (SSSR count). The Morgan fingerprint density at radius 3 is 1.56 bits per heavy atom. The van der Waals surface area contributed by atoms with Crippen LogP contribution >= 0.6 is 8.60 Å². The molecule has 0 aromatic heterocycles. The van der Waals surface area contributed by atoms with Crippen LogP contribution in [0, 0.1) is 11.8 Å². The third-order valence-electron chi connectivity index (χ3n) is 8.63. The minimum absolute atomic E-state index is 0.263. The van der Waals surface area contributed by atoms with Crippen molar-refractivity contribution in [2.24, 2.45) is 11.8 Å². The van der Waals surface area contributed by atoms with Crippen LogP contribution in [0.5, 0.6) is 0 Å². The van der Waals surface area contributed by atoms with E-state index in [0.29, 0.717) is 0 Å². The van der Waals surface area contributed by atoms with E-state index < -0.39 is 19.8 Å². The van der Waals surface area contributed by atoms with E-state index in [9.17, 15) is 4.89 Å². The zero-order chi connectivity index (χ0) is 25.7. The fraction of sp³-hybridized carbons (Fsp3) is 0.375. The molecule has 0 radical (unpaired) electrons. The van der Waals surface area contributed by atoms with E-state index in [1.54, 1.807) is 0 Å². The van der Waals surface area contributed by atoms with Crippen LogP contribution in [0.3, 0.4) is 0 Å². The third-order valence-corrected chi connectivity index (χ3v) is 9.57. The topological polar surface area (TPSA) is 38.7 Å². The highest BCUT2D eigenvalue weighted by atomic mass is 31.2. The lowest BCUT2D eigenvalue weighted by Crippen LogP contribution is -2.37. The fourth-order valence-electron chi connectivity index (χ4n) is 6.29. The molecule has 2 aromatic rings. The van der Waals surface area contributed by atoms with Crippen molar-refractivity contribution in [3.63, 3.8) is 0 Å². The minimum atomic E-state index is -2.21. The average molecular weight is 501 g/mol. The van der Waals surface area contributed by atoms with E-state index in [4.69, 9.17) is 9.05 Å². The molecule has 4 atom stereocenters. The van der Waals surface area contributed by atoms with Crippen LogP contribution in [-0.4, -0.2) is 4.89 Å². The van der Waals surface area contributed by atoms with Crippen LogP contribution in [0.2, 0.25) is 0 Å². The Hall–Kier alpha value is -2.29. The summed E-state index contributed by atoms with van der Waals surface area (Å²) in [5.41, 5.74) is 7.31. The van der Waals surface area contributed by atoms with Crippen molar-refractivity contribution in [3.05, 3.63) is 107 Å². The van der Waals surface area contributed by atoms with Gasteiger partial charge in [0.2, 0.25) is 0 Å². The Kier molecular flexibility index (Phi) is 6.72. The Balaban J connectivity index is 1.80. The van der Waals surface area contributed by atoms with Gasteiger partial charge in [-0.05, 0) is 98.6 Å². The minimum Gasteiger partial charge on any atom is -0.328 e. The highest BCUT2D eigenvalue weighted by molar-refractivity contribution is 7.40. The lowest BCUT2D eigenvalue weighted by molar-refractivity contribution is 0.00430. The van der Waals surface area contributed by atoms with Crippen molar-refractivity contribution in [3.8, 4) is 11.1 Å². The molecule has 0 saturated heterocycles. The number of hydrogen-bond acceptors (Lipinski definition) is 3. The molecule has 0 saturated carbocycles. The normalized spacial score (nSPS) is 30.4. The largest absolute Gasteiger partial charge is 0.332 e. The maximum atomic E-state index is 11.6. The summed E-state index contributed by atoms with van der Waals surface area (Å²) in [6, 6.07) is 17.0. The van der Waals surface area contributed by atoms with E-state index in [2.05, 4.69) is 102 Å². The third kappa shape index (κ3) is 4.07. The summed E-state index contributed by atoms with van der Waals surface area (Å²) in [6.45, 7) is 17.0. The summed E-state index contributed by atoms with van der Waals surface area (Å²) < 4.78 is 13.5. The molecule has 1 N–H and O–H groups in total. The molecule has 0 bridgehead atoms. The zero-order valence-corrected chi connectivity index (χ0v) is 22.8.